The molecule has 1 fully saturated rings. The van der Waals surface area contributed by atoms with Crippen LogP contribution in [0.4, 0.5) is 0 Å². The number of hydrogen-bond donors (Lipinski definition) is 2. The van der Waals surface area contributed by atoms with Gasteiger partial charge in [-0.05, 0) is 80.2 Å². The molecule has 2 heterocycles. The van der Waals surface area contributed by atoms with Gasteiger partial charge in [0.25, 0.3) is 0 Å². The van der Waals surface area contributed by atoms with Crippen LogP contribution in [0.5, 0.6) is 0 Å². The molecule has 0 aromatic carbocycles. The zero-order valence-corrected chi connectivity index (χ0v) is 18.2. The van der Waals surface area contributed by atoms with Crippen LogP contribution in [0.1, 0.15) is 45.8 Å². The molecule has 1 aliphatic carbocycles. The summed E-state index contributed by atoms with van der Waals surface area (Å²) in [5.41, 5.74) is 1.01. The summed E-state index contributed by atoms with van der Waals surface area (Å²) < 4.78 is 0. The van der Waals surface area contributed by atoms with Crippen LogP contribution in [-0.2, 0) is 12.8 Å². The molecule has 3 rings (SSSR count). The molecule has 0 spiro atoms. The van der Waals surface area contributed by atoms with Gasteiger partial charge in [0.1, 0.15) is 15.2 Å². The van der Waals surface area contributed by atoms with Crippen molar-refractivity contribution in [2.24, 2.45) is 11.8 Å². The van der Waals surface area contributed by atoms with Gasteiger partial charge in [0.2, 0.25) is 0 Å². The highest BCUT2D eigenvalue weighted by molar-refractivity contribution is 7.13. The van der Waals surface area contributed by atoms with Gasteiger partial charge < -0.3 is 10.2 Å². The van der Waals surface area contributed by atoms with Gasteiger partial charge in [-0.1, -0.05) is 23.2 Å². The Bertz CT molecular complexity index is 809. The fourth-order valence-corrected chi connectivity index (χ4v) is 5.96. The molecule has 152 valence electrons. The number of carboxylic acids is 1. The lowest BCUT2D eigenvalue weighted by Gasteiger charge is -2.23. The number of thiophene rings is 1. The highest BCUT2D eigenvalue weighted by Gasteiger charge is 2.40. The number of aromatic carboxylic acids is 1. The Morgan fingerprint density at radius 1 is 1.14 bits per heavy atom. The number of aliphatic hydroxyl groups excluding tert-OH is 1. The fraction of sp³-hybridized carbons (Fsp3) is 0.500. The second kappa shape index (κ2) is 9.77. The van der Waals surface area contributed by atoms with Crippen molar-refractivity contribution < 1.29 is 15.0 Å². The van der Waals surface area contributed by atoms with Crippen molar-refractivity contribution in [3.8, 4) is 0 Å². The summed E-state index contributed by atoms with van der Waals surface area (Å²) in [4.78, 5) is 16.4. The number of hydrogen-bond acceptors (Lipinski definition) is 4. The van der Waals surface area contributed by atoms with Crippen molar-refractivity contribution >= 4 is 52.1 Å². The van der Waals surface area contributed by atoms with E-state index in [0.717, 1.165) is 42.5 Å². The summed E-state index contributed by atoms with van der Waals surface area (Å²) in [6.07, 6.45) is 4.44. The van der Waals surface area contributed by atoms with Crippen molar-refractivity contribution in [3.63, 3.8) is 0 Å². The van der Waals surface area contributed by atoms with Crippen molar-refractivity contribution in [2.45, 2.75) is 50.0 Å². The number of aromatic nitrogens is 1. The van der Waals surface area contributed by atoms with E-state index in [1.54, 1.807) is 18.2 Å². The topological polar surface area (TPSA) is 70.4 Å². The second-order valence-corrected chi connectivity index (χ2v) is 9.77. The standard InChI is InChI=1S/C20H22Cl3NO3S/c21-15-10-16(25)14(6-4-11-8-18(22)24-19(23)9-11)13(15)3-1-2-12-5-7-17(28-12)20(26)27/h5,7-9,13-16,25H,1-4,6,10H2,(H,26,27). The quantitative estimate of drug-likeness (QED) is 0.389. The SMILES string of the molecule is O=C(O)c1ccc(CCCC2C(Cl)CC(O)C2CCc2cc(Cl)nc(Cl)c2)s1. The van der Waals surface area contributed by atoms with Crippen molar-refractivity contribution in [2.75, 3.05) is 0 Å². The number of halogens is 3. The van der Waals surface area contributed by atoms with Crippen LogP contribution in [0.25, 0.3) is 0 Å². The van der Waals surface area contributed by atoms with Crippen LogP contribution >= 0.6 is 46.1 Å². The zero-order valence-electron chi connectivity index (χ0n) is 15.2. The predicted octanol–water partition coefficient (Wildman–Crippen LogP) is 5.71. The van der Waals surface area contributed by atoms with Gasteiger partial charge in [-0.3, -0.25) is 0 Å². The van der Waals surface area contributed by atoms with Gasteiger partial charge in [-0.25, -0.2) is 9.78 Å². The minimum atomic E-state index is -0.882. The number of aryl methyl sites for hydroxylation is 2. The molecule has 0 radical (unpaired) electrons. The Morgan fingerprint density at radius 2 is 1.86 bits per heavy atom. The summed E-state index contributed by atoms with van der Waals surface area (Å²) in [6.45, 7) is 0. The number of carbonyl (C=O) groups is 1. The van der Waals surface area contributed by atoms with E-state index in [-0.39, 0.29) is 17.2 Å². The third-order valence-corrected chi connectivity index (χ3v) is 7.42. The van der Waals surface area contributed by atoms with E-state index < -0.39 is 12.1 Å². The van der Waals surface area contributed by atoms with Gasteiger partial charge in [0.05, 0.1) is 6.10 Å². The second-order valence-electron chi connectivity index (χ2n) is 7.27. The number of aliphatic hydroxyl groups is 1. The Morgan fingerprint density at radius 3 is 2.50 bits per heavy atom. The highest BCUT2D eigenvalue weighted by Crippen LogP contribution is 2.41. The molecule has 0 amide bonds. The van der Waals surface area contributed by atoms with Gasteiger partial charge in [0, 0.05) is 10.3 Å². The summed E-state index contributed by atoms with van der Waals surface area (Å²) in [5, 5.41) is 20.2. The summed E-state index contributed by atoms with van der Waals surface area (Å²) >= 11 is 19.8. The van der Waals surface area contributed by atoms with E-state index >= 15 is 0 Å². The third kappa shape index (κ3) is 5.61. The maximum absolute atomic E-state index is 11.0. The van der Waals surface area contributed by atoms with Crippen LogP contribution in [-0.4, -0.2) is 32.6 Å². The molecule has 0 saturated heterocycles. The Labute approximate surface area is 183 Å². The first kappa shape index (κ1) is 21.8. The molecular weight excluding hydrogens is 441 g/mol. The van der Waals surface area contributed by atoms with E-state index in [1.165, 1.54) is 11.3 Å². The Balaban J connectivity index is 1.56. The molecule has 2 aromatic rings. The summed E-state index contributed by atoms with van der Waals surface area (Å²) in [5.74, 6) is -0.512. The van der Waals surface area contributed by atoms with E-state index in [9.17, 15) is 9.90 Å². The number of alkyl halides is 1. The largest absolute Gasteiger partial charge is 0.477 e. The van der Waals surface area contributed by atoms with Crippen LogP contribution in [0.2, 0.25) is 10.3 Å². The number of rotatable bonds is 8. The molecule has 4 nitrogen and oxygen atoms in total. The lowest BCUT2D eigenvalue weighted by Crippen LogP contribution is -2.21. The maximum atomic E-state index is 11.0. The first-order valence-corrected chi connectivity index (χ1v) is 11.3. The van der Waals surface area contributed by atoms with E-state index in [1.807, 2.05) is 6.07 Å². The molecule has 4 atom stereocenters. The highest BCUT2D eigenvalue weighted by atomic mass is 35.5. The van der Waals surface area contributed by atoms with Gasteiger partial charge in [0.15, 0.2) is 0 Å². The summed E-state index contributed by atoms with van der Waals surface area (Å²) in [7, 11) is 0. The lowest BCUT2D eigenvalue weighted by atomic mass is 9.85. The monoisotopic (exact) mass is 461 g/mol. The minimum Gasteiger partial charge on any atom is -0.477 e. The Hall–Kier alpha value is -0.850. The average Bonchev–Trinajstić information content (AvgIpc) is 3.18. The number of carboxylic acid groups (broad SMARTS) is 1. The molecule has 0 aliphatic heterocycles. The third-order valence-electron chi connectivity index (χ3n) is 5.40. The molecule has 28 heavy (non-hydrogen) atoms. The molecular formula is C20H22Cl3NO3S. The van der Waals surface area contributed by atoms with E-state index in [2.05, 4.69) is 4.98 Å². The predicted molar refractivity (Wildman–Crippen MR) is 114 cm³/mol. The van der Waals surface area contributed by atoms with Crippen molar-refractivity contribution in [1.29, 1.82) is 0 Å². The van der Waals surface area contributed by atoms with Gasteiger partial charge >= 0.3 is 5.97 Å². The summed E-state index contributed by atoms with van der Waals surface area (Å²) in [6, 6.07) is 7.14. The first-order chi connectivity index (χ1) is 13.3. The van der Waals surface area contributed by atoms with Crippen LogP contribution in [0.3, 0.4) is 0 Å². The fourth-order valence-electron chi connectivity index (χ4n) is 4.07. The molecule has 0 bridgehead atoms. The normalized spacial score (nSPS) is 24.6. The molecule has 1 saturated carbocycles. The van der Waals surface area contributed by atoms with Crippen LogP contribution in [0, 0.1) is 11.8 Å². The lowest BCUT2D eigenvalue weighted by molar-refractivity contribution is 0.0702. The van der Waals surface area contributed by atoms with E-state index in [4.69, 9.17) is 39.9 Å². The minimum absolute atomic E-state index is 0.0393. The van der Waals surface area contributed by atoms with Gasteiger partial charge in [-0.15, -0.1) is 22.9 Å². The molecule has 1 aliphatic rings. The molecule has 8 heteroatoms. The molecule has 2 N–H and O–H groups in total. The van der Waals surface area contributed by atoms with Crippen molar-refractivity contribution in [3.05, 3.63) is 49.9 Å². The van der Waals surface area contributed by atoms with Gasteiger partial charge in [-0.2, -0.15) is 0 Å². The van der Waals surface area contributed by atoms with E-state index in [0.29, 0.717) is 21.6 Å². The van der Waals surface area contributed by atoms with Crippen LogP contribution < -0.4 is 0 Å². The maximum Gasteiger partial charge on any atom is 0.345 e. The smallest absolute Gasteiger partial charge is 0.345 e. The molecule has 4 unspecified atom stereocenters. The first-order valence-electron chi connectivity index (χ1n) is 9.29. The zero-order chi connectivity index (χ0) is 20.3. The number of nitrogens with zero attached hydrogens (tertiary/aromatic N) is 1. The average molecular weight is 463 g/mol. The van der Waals surface area contributed by atoms with Crippen molar-refractivity contribution in [1.82, 2.24) is 4.98 Å². The number of pyridine rings is 1. The Kier molecular flexibility index (Phi) is 7.62. The molecule has 2 aromatic heterocycles. The van der Waals surface area contributed by atoms with Crippen LogP contribution in [0.15, 0.2) is 24.3 Å².